The molecule has 0 aromatic heterocycles. The van der Waals surface area contributed by atoms with Crippen LogP contribution in [0.2, 0.25) is 0 Å². The van der Waals surface area contributed by atoms with Crippen LogP contribution in [0.25, 0.3) is 0 Å². The number of thioether (sulfide) groups is 1. The highest BCUT2D eigenvalue weighted by Gasteiger charge is 2.27. The zero-order chi connectivity index (χ0) is 15.0. The molecular weight excluding hydrogens is 414 g/mol. The van der Waals surface area contributed by atoms with E-state index in [1.807, 2.05) is 11.8 Å². The number of nitrogens with zero attached hydrogens (tertiary/aromatic N) is 1. The van der Waals surface area contributed by atoms with Gasteiger partial charge in [-0.3, -0.25) is 4.99 Å². The van der Waals surface area contributed by atoms with Crippen LogP contribution in [0.1, 0.15) is 39.0 Å². The summed E-state index contributed by atoms with van der Waals surface area (Å²) in [7, 11) is 1.59. The molecule has 0 aromatic carbocycles. The third-order valence-electron chi connectivity index (χ3n) is 3.29. The van der Waals surface area contributed by atoms with Crippen molar-refractivity contribution in [2.24, 2.45) is 4.99 Å². The zero-order valence-corrected chi connectivity index (χ0v) is 15.6. The number of halogens is 4. The lowest BCUT2D eigenvalue weighted by Gasteiger charge is -2.30. The topological polar surface area (TPSA) is 36.4 Å². The quantitative estimate of drug-likeness (QED) is 0.389. The summed E-state index contributed by atoms with van der Waals surface area (Å²) in [4.78, 5) is 3.99. The summed E-state index contributed by atoms with van der Waals surface area (Å²) in [5.41, 5.74) is 0. The second-order valence-electron chi connectivity index (χ2n) is 4.95. The molecule has 0 aliphatic heterocycles. The van der Waals surface area contributed by atoms with Crippen LogP contribution < -0.4 is 10.6 Å². The van der Waals surface area contributed by atoms with E-state index in [9.17, 15) is 13.2 Å². The average molecular weight is 439 g/mol. The summed E-state index contributed by atoms with van der Waals surface area (Å²) < 4.78 is 36.3. The third-order valence-corrected chi connectivity index (χ3v) is 4.53. The molecule has 0 spiro atoms. The van der Waals surface area contributed by atoms with Gasteiger partial charge in [-0.25, -0.2) is 0 Å². The Bertz CT molecular complexity index is 312. The fraction of sp³-hybridized carbons (Fsp3) is 0.923. The lowest BCUT2D eigenvalue weighted by molar-refractivity contribution is -0.132. The van der Waals surface area contributed by atoms with Crippen LogP contribution in [-0.4, -0.2) is 42.8 Å². The summed E-state index contributed by atoms with van der Waals surface area (Å²) in [6.45, 7) is 2.02. The van der Waals surface area contributed by atoms with Crippen LogP contribution in [0.15, 0.2) is 4.99 Å². The van der Waals surface area contributed by atoms with E-state index in [1.165, 1.54) is 6.42 Å². The smallest absolute Gasteiger partial charge is 0.356 e. The van der Waals surface area contributed by atoms with Gasteiger partial charge in [-0.1, -0.05) is 13.3 Å². The standard InChI is InChI=1S/C13H24F3N3S.HI/c1-3-20-11-6-4-5-10(9-11)19-12(17-2)18-8-7-13(14,15)16;/h10-11H,3-9H2,1-2H3,(H2,17,18,19);1H. The van der Waals surface area contributed by atoms with Crippen molar-refractivity contribution in [1.29, 1.82) is 0 Å². The van der Waals surface area contributed by atoms with E-state index in [0.717, 1.165) is 25.0 Å². The molecule has 0 heterocycles. The zero-order valence-electron chi connectivity index (χ0n) is 12.5. The van der Waals surface area contributed by atoms with E-state index in [4.69, 9.17) is 0 Å². The van der Waals surface area contributed by atoms with Crippen LogP contribution in [0.4, 0.5) is 13.2 Å². The van der Waals surface area contributed by atoms with Gasteiger partial charge in [-0.2, -0.15) is 24.9 Å². The first-order chi connectivity index (χ1) is 9.44. The van der Waals surface area contributed by atoms with Gasteiger partial charge in [0.1, 0.15) is 0 Å². The molecule has 1 fully saturated rings. The van der Waals surface area contributed by atoms with Crippen molar-refractivity contribution in [2.75, 3.05) is 19.3 Å². The van der Waals surface area contributed by atoms with E-state index in [0.29, 0.717) is 17.3 Å². The molecule has 2 N–H and O–H groups in total. The van der Waals surface area contributed by atoms with Gasteiger partial charge in [-0.05, 0) is 25.0 Å². The first-order valence-electron chi connectivity index (χ1n) is 7.10. The Kier molecular flexibility index (Phi) is 10.9. The second-order valence-corrected chi connectivity index (χ2v) is 6.53. The fourth-order valence-electron chi connectivity index (χ4n) is 2.37. The number of nitrogens with one attached hydrogen (secondary N) is 2. The van der Waals surface area contributed by atoms with Gasteiger partial charge < -0.3 is 10.6 Å². The minimum atomic E-state index is -4.13. The first-order valence-corrected chi connectivity index (χ1v) is 8.15. The van der Waals surface area contributed by atoms with Gasteiger partial charge in [0, 0.05) is 24.9 Å². The molecule has 0 bridgehead atoms. The molecule has 126 valence electrons. The van der Waals surface area contributed by atoms with Gasteiger partial charge in [-0.15, -0.1) is 24.0 Å². The van der Waals surface area contributed by atoms with Crippen molar-refractivity contribution >= 4 is 41.7 Å². The lowest BCUT2D eigenvalue weighted by atomic mass is 9.95. The molecule has 0 saturated heterocycles. The third kappa shape index (κ3) is 9.70. The van der Waals surface area contributed by atoms with Crippen molar-refractivity contribution in [2.45, 2.75) is 56.5 Å². The Labute approximate surface area is 146 Å². The Morgan fingerprint density at radius 2 is 2.05 bits per heavy atom. The minimum Gasteiger partial charge on any atom is -0.356 e. The van der Waals surface area contributed by atoms with E-state index in [-0.39, 0.29) is 30.5 Å². The minimum absolute atomic E-state index is 0. The molecule has 8 heteroatoms. The van der Waals surface area contributed by atoms with E-state index >= 15 is 0 Å². The number of guanidine groups is 1. The molecule has 3 nitrogen and oxygen atoms in total. The van der Waals surface area contributed by atoms with Crippen LogP contribution in [0.3, 0.4) is 0 Å². The Hall–Kier alpha value is 0.140. The van der Waals surface area contributed by atoms with Gasteiger partial charge >= 0.3 is 6.18 Å². The maximum Gasteiger partial charge on any atom is 0.390 e. The Balaban J connectivity index is 0.00000400. The summed E-state index contributed by atoms with van der Waals surface area (Å²) in [5.74, 6) is 1.58. The van der Waals surface area contributed by atoms with Crippen molar-refractivity contribution in [3.05, 3.63) is 0 Å². The molecule has 1 aliphatic rings. The largest absolute Gasteiger partial charge is 0.390 e. The second kappa shape index (κ2) is 10.8. The predicted octanol–water partition coefficient (Wildman–Crippen LogP) is 3.79. The molecule has 21 heavy (non-hydrogen) atoms. The summed E-state index contributed by atoms with van der Waals surface area (Å²) in [6, 6.07) is 0.310. The van der Waals surface area contributed by atoms with E-state index in [2.05, 4.69) is 22.5 Å². The van der Waals surface area contributed by atoms with Crippen molar-refractivity contribution in [1.82, 2.24) is 10.6 Å². The lowest BCUT2D eigenvalue weighted by Crippen LogP contribution is -2.46. The molecule has 2 unspecified atom stereocenters. The normalized spacial score (nSPS) is 23.4. The maximum absolute atomic E-state index is 12.1. The highest BCUT2D eigenvalue weighted by Crippen LogP contribution is 2.28. The average Bonchev–Trinajstić information content (AvgIpc) is 2.37. The summed E-state index contributed by atoms with van der Waals surface area (Å²) in [6.07, 6.45) is -0.461. The number of hydrogen-bond acceptors (Lipinski definition) is 2. The number of aliphatic imine (C=N–C) groups is 1. The Morgan fingerprint density at radius 3 is 2.62 bits per heavy atom. The fourth-order valence-corrected chi connectivity index (χ4v) is 3.55. The van der Waals surface area contributed by atoms with E-state index in [1.54, 1.807) is 7.05 Å². The molecule has 1 rings (SSSR count). The molecule has 1 saturated carbocycles. The number of rotatable bonds is 5. The molecule has 0 radical (unpaired) electrons. The van der Waals surface area contributed by atoms with Crippen molar-refractivity contribution in [3.63, 3.8) is 0 Å². The van der Waals surface area contributed by atoms with Crippen molar-refractivity contribution in [3.8, 4) is 0 Å². The van der Waals surface area contributed by atoms with Gasteiger partial charge in [0.25, 0.3) is 0 Å². The van der Waals surface area contributed by atoms with Gasteiger partial charge in [0.2, 0.25) is 0 Å². The SMILES string of the molecule is CCSC1CCCC(NC(=NC)NCCC(F)(F)F)C1.I. The summed E-state index contributed by atoms with van der Waals surface area (Å²) >= 11 is 1.96. The highest BCUT2D eigenvalue weighted by molar-refractivity contribution is 14.0. The van der Waals surface area contributed by atoms with Crippen LogP contribution in [0, 0.1) is 0 Å². The molecule has 2 atom stereocenters. The monoisotopic (exact) mass is 439 g/mol. The predicted molar refractivity (Wildman–Crippen MR) is 94.8 cm³/mol. The number of alkyl halides is 3. The highest BCUT2D eigenvalue weighted by atomic mass is 127. The molecule has 0 aromatic rings. The van der Waals surface area contributed by atoms with Gasteiger partial charge in [0.05, 0.1) is 6.42 Å². The number of hydrogen-bond donors (Lipinski definition) is 2. The van der Waals surface area contributed by atoms with Crippen LogP contribution >= 0.6 is 35.7 Å². The summed E-state index contributed by atoms with van der Waals surface area (Å²) in [5, 5.41) is 6.62. The Morgan fingerprint density at radius 1 is 1.33 bits per heavy atom. The van der Waals surface area contributed by atoms with Crippen LogP contribution in [-0.2, 0) is 0 Å². The van der Waals surface area contributed by atoms with E-state index < -0.39 is 12.6 Å². The maximum atomic E-state index is 12.1. The van der Waals surface area contributed by atoms with Crippen LogP contribution in [0.5, 0.6) is 0 Å². The van der Waals surface area contributed by atoms with Gasteiger partial charge in [0.15, 0.2) is 5.96 Å². The molecule has 1 aliphatic carbocycles. The molecule has 0 amide bonds. The first kappa shape index (κ1) is 21.1. The van der Waals surface area contributed by atoms with Crippen molar-refractivity contribution < 1.29 is 13.2 Å². The molecular formula is C13H25F3IN3S.